The van der Waals surface area contributed by atoms with Crippen molar-refractivity contribution in [2.24, 2.45) is 0 Å². The Morgan fingerprint density at radius 1 is 1.38 bits per heavy atom. The van der Waals surface area contributed by atoms with Gasteiger partial charge >= 0.3 is 5.00 Å². The van der Waals surface area contributed by atoms with Crippen molar-refractivity contribution >= 4 is 39.5 Å². The zero-order valence-electron chi connectivity index (χ0n) is 10.8. The van der Waals surface area contributed by atoms with Gasteiger partial charge in [-0.3, -0.25) is 10.1 Å². The van der Waals surface area contributed by atoms with Crippen molar-refractivity contribution in [2.75, 3.05) is 6.54 Å². The number of aliphatic hydroxyl groups is 1. The number of hydrogen-bond acceptors (Lipinski definition) is 5. The number of nitrogens with zero attached hydrogens (tertiary/aromatic N) is 1. The van der Waals surface area contributed by atoms with E-state index in [-0.39, 0.29) is 11.5 Å². The van der Waals surface area contributed by atoms with Gasteiger partial charge in [-0.15, -0.1) is 0 Å². The number of aliphatic hydroxyl groups excluding tert-OH is 1. The van der Waals surface area contributed by atoms with Crippen LogP contribution in [-0.2, 0) is 6.54 Å². The summed E-state index contributed by atoms with van der Waals surface area (Å²) in [6.45, 7) is 0.663. The Balaban J connectivity index is 1.92. The second-order valence-corrected chi connectivity index (χ2v) is 6.04. The topological polar surface area (TPSA) is 75.4 Å². The number of nitrogens with one attached hydrogen (secondary N) is 1. The summed E-state index contributed by atoms with van der Waals surface area (Å²) in [6.07, 6.45) is -0.847. The molecule has 8 heteroatoms. The van der Waals surface area contributed by atoms with Gasteiger partial charge in [-0.1, -0.05) is 40.6 Å². The minimum atomic E-state index is -0.847. The normalized spacial score (nSPS) is 12.3. The van der Waals surface area contributed by atoms with Crippen molar-refractivity contribution in [1.29, 1.82) is 0 Å². The third-order valence-electron chi connectivity index (χ3n) is 2.82. The van der Waals surface area contributed by atoms with Crippen LogP contribution in [0.2, 0.25) is 10.0 Å². The molecular formula is C13H12Cl2N2O3S. The molecule has 0 spiro atoms. The number of rotatable bonds is 6. The zero-order valence-corrected chi connectivity index (χ0v) is 13.1. The number of thiophene rings is 1. The Bertz CT molecular complexity index is 628. The molecule has 1 atom stereocenters. The van der Waals surface area contributed by atoms with E-state index in [1.54, 1.807) is 23.6 Å². The second kappa shape index (κ2) is 7.20. The Morgan fingerprint density at radius 3 is 2.62 bits per heavy atom. The first kappa shape index (κ1) is 16.2. The maximum Gasteiger partial charge on any atom is 0.324 e. The van der Waals surface area contributed by atoms with Crippen molar-refractivity contribution in [3.05, 3.63) is 60.9 Å². The van der Waals surface area contributed by atoms with Crippen LogP contribution in [0.1, 0.15) is 17.2 Å². The van der Waals surface area contributed by atoms with Gasteiger partial charge in [0.05, 0.1) is 11.0 Å². The molecule has 0 fully saturated rings. The molecule has 1 aromatic carbocycles. The fourth-order valence-corrected chi connectivity index (χ4v) is 3.21. The van der Waals surface area contributed by atoms with Crippen LogP contribution in [0.15, 0.2) is 29.6 Å². The highest BCUT2D eigenvalue weighted by atomic mass is 35.5. The molecule has 112 valence electrons. The number of nitro groups is 1. The van der Waals surface area contributed by atoms with Gasteiger partial charge in [0.15, 0.2) is 0 Å². The maximum absolute atomic E-state index is 10.6. The highest BCUT2D eigenvalue weighted by molar-refractivity contribution is 7.13. The molecule has 1 unspecified atom stereocenters. The lowest BCUT2D eigenvalue weighted by molar-refractivity contribution is -0.380. The van der Waals surface area contributed by atoms with Gasteiger partial charge in [0.25, 0.3) is 0 Å². The minimum absolute atomic E-state index is 0.0986. The summed E-state index contributed by atoms with van der Waals surface area (Å²) in [4.78, 5) is 10.2. The van der Waals surface area contributed by atoms with Crippen molar-refractivity contribution in [2.45, 2.75) is 12.6 Å². The van der Waals surface area contributed by atoms with Crippen LogP contribution in [0.5, 0.6) is 0 Å². The van der Waals surface area contributed by atoms with Crippen molar-refractivity contribution in [3.63, 3.8) is 0 Å². The first-order valence-electron chi connectivity index (χ1n) is 6.03. The molecule has 2 N–H and O–H groups in total. The van der Waals surface area contributed by atoms with Crippen LogP contribution in [0.3, 0.4) is 0 Å². The van der Waals surface area contributed by atoms with Crippen molar-refractivity contribution in [3.8, 4) is 0 Å². The van der Waals surface area contributed by atoms with E-state index < -0.39 is 11.0 Å². The van der Waals surface area contributed by atoms with E-state index in [2.05, 4.69) is 5.32 Å². The molecule has 0 aliphatic rings. The molecule has 1 aromatic heterocycles. The highest BCUT2D eigenvalue weighted by Crippen LogP contribution is 2.30. The molecule has 0 bridgehead atoms. The van der Waals surface area contributed by atoms with Gasteiger partial charge in [0.1, 0.15) is 0 Å². The average molecular weight is 347 g/mol. The van der Waals surface area contributed by atoms with Crippen molar-refractivity contribution in [1.82, 2.24) is 5.32 Å². The molecular weight excluding hydrogens is 335 g/mol. The number of hydrogen-bond donors (Lipinski definition) is 2. The first-order valence-corrected chi connectivity index (χ1v) is 7.67. The van der Waals surface area contributed by atoms with Gasteiger partial charge in [-0.2, -0.15) is 0 Å². The Morgan fingerprint density at radius 2 is 2.05 bits per heavy atom. The summed E-state index contributed by atoms with van der Waals surface area (Å²) in [5.41, 5.74) is 1.27. The van der Waals surface area contributed by atoms with E-state index in [0.717, 1.165) is 16.9 Å². The molecule has 21 heavy (non-hydrogen) atoms. The van der Waals surface area contributed by atoms with Crippen LogP contribution < -0.4 is 5.32 Å². The van der Waals surface area contributed by atoms with Crippen molar-refractivity contribution < 1.29 is 10.0 Å². The number of halogens is 2. The summed E-state index contributed by atoms with van der Waals surface area (Å²) in [6, 6.07) is 6.54. The Labute approximate surface area is 135 Å². The van der Waals surface area contributed by atoms with Gasteiger partial charge in [-0.05, 0) is 17.7 Å². The SMILES string of the molecule is O=[N+]([O-])c1cc(CNCC(O)c2c(Cl)cccc2Cl)cs1. The first-order chi connectivity index (χ1) is 9.99. The maximum atomic E-state index is 10.6. The molecule has 0 saturated heterocycles. The van der Waals surface area contributed by atoms with E-state index in [1.165, 1.54) is 6.07 Å². The third kappa shape index (κ3) is 4.15. The van der Waals surface area contributed by atoms with E-state index in [4.69, 9.17) is 23.2 Å². The van der Waals surface area contributed by atoms with Crippen LogP contribution in [-0.4, -0.2) is 16.6 Å². The summed E-state index contributed by atoms with van der Waals surface area (Å²) >= 11 is 13.1. The second-order valence-electron chi connectivity index (χ2n) is 4.33. The molecule has 0 aliphatic heterocycles. The molecule has 2 aromatic rings. The molecule has 0 amide bonds. The molecule has 1 heterocycles. The molecule has 5 nitrogen and oxygen atoms in total. The monoisotopic (exact) mass is 346 g/mol. The molecule has 0 aliphatic carbocycles. The lowest BCUT2D eigenvalue weighted by atomic mass is 10.1. The van der Waals surface area contributed by atoms with Crippen LogP contribution in [0.4, 0.5) is 5.00 Å². The zero-order chi connectivity index (χ0) is 15.4. The van der Waals surface area contributed by atoms with E-state index in [1.807, 2.05) is 0 Å². The predicted molar refractivity (Wildman–Crippen MR) is 84.1 cm³/mol. The Hall–Kier alpha value is -1.18. The van der Waals surface area contributed by atoms with E-state index in [0.29, 0.717) is 22.2 Å². The smallest absolute Gasteiger partial charge is 0.324 e. The summed E-state index contributed by atoms with van der Waals surface area (Å²) in [5.74, 6) is 0. The van der Waals surface area contributed by atoms with Gasteiger partial charge in [-0.25, -0.2) is 0 Å². The largest absolute Gasteiger partial charge is 0.387 e. The van der Waals surface area contributed by atoms with Gasteiger partial charge < -0.3 is 10.4 Å². The van der Waals surface area contributed by atoms with Crippen LogP contribution in [0, 0.1) is 10.1 Å². The minimum Gasteiger partial charge on any atom is -0.387 e. The average Bonchev–Trinajstić information content (AvgIpc) is 2.87. The Kier molecular flexibility index (Phi) is 5.55. The summed E-state index contributed by atoms with van der Waals surface area (Å²) in [5, 5.41) is 26.3. The third-order valence-corrected chi connectivity index (χ3v) is 4.41. The predicted octanol–water partition coefficient (Wildman–Crippen LogP) is 3.79. The fourth-order valence-electron chi connectivity index (χ4n) is 1.84. The molecule has 0 saturated carbocycles. The lowest BCUT2D eigenvalue weighted by Gasteiger charge is -2.14. The van der Waals surface area contributed by atoms with Crippen LogP contribution >= 0.6 is 34.5 Å². The number of benzene rings is 1. The molecule has 2 rings (SSSR count). The highest BCUT2D eigenvalue weighted by Gasteiger charge is 2.15. The molecule has 0 radical (unpaired) electrons. The standard InChI is InChI=1S/C13H12Cl2N2O3S/c14-9-2-1-3-10(15)13(9)11(18)6-16-5-8-4-12(17(19)20)21-7-8/h1-4,7,11,16,18H,5-6H2. The summed E-state index contributed by atoms with van der Waals surface area (Å²) < 4.78 is 0. The van der Waals surface area contributed by atoms with Crippen LogP contribution in [0.25, 0.3) is 0 Å². The summed E-state index contributed by atoms with van der Waals surface area (Å²) in [7, 11) is 0. The van der Waals surface area contributed by atoms with E-state index >= 15 is 0 Å². The van der Waals surface area contributed by atoms with Gasteiger partial charge in [0, 0.05) is 40.1 Å². The van der Waals surface area contributed by atoms with E-state index in [9.17, 15) is 15.2 Å². The fraction of sp³-hybridized carbons (Fsp3) is 0.231. The lowest BCUT2D eigenvalue weighted by Crippen LogP contribution is -2.21. The van der Waals surface area contributed by atoms with Gasteiger partial charge in [0.2, 0.25) is 0 Å². The quantitative estimate of drug-likeness (QED) is 0.616.